The molecule has 0 radical (unpaired) electrons. The number of nitrogens with zero attached hydrogens (tertiary/aromatic N) is 1. The van der Waals surface area contributed by atoms with Gasteiger partial charge in [-0.25, -0.2) is 13.8 Å². The Hall–Kier alpha value is -2.71. The van der Waals surface area contributed by atoms with Gasteiger partial charge in [0.25, 0.3) is 5.56 Å². The molecule has 3 rings (SSSR count). The summed E-state index contributed by atoms with van der Waals surface area (Å²) in [6.07, 6.45) is -0.168. The summed E-state index contributed by atoms with van der Waals surface area (Å²) in [5.41, 5.74) is 0.513. The molecule has 150 valence electrons. The van der Waals surface area contributed by atoms with E-state index in [2.05, 4.69) is 15.3 Å². The summed E-state index contributed by atoms with van der Waals surface area (Å²) in [4.78, 5) is 31.1. The lowest BCUT2D eigenvalue weighted by Crippen LogP contribution is -2.18. The zero-order valence-electron chi connectivity index (χ0n) is 15.3. The molecule has 1 aromatic heterocycles. The Balaban J connectivity index is 1.72. The molecule has 1 heterocycles. The van der Waals surface area contributed by atoms with Crippen LogP contribution in [0.25, 0.3) is 0 Å². The molecule has 0 aliphatic rings. The van der Waals surface area contributed by atoms with Gasteiger partial charge in [-0.2, -0.15) is 0 Å². The molecule has 3 aromatic rings. The van der Waals surface area contributed by atoms with E-state index in [-0.39, 0.29) is 40.1 Å². The number of carbonyl (C=O) groups is 1. The molecule has 0 fully saturated rings. The van der Waals surface area contributed by atoms with Crippen LogP contribution < -0.4 is 10.9 Å². The fourth-order valence-corrected chi connectivity index (χ4v) is 3.34. The number of carbonyl (C=O) groups excluding carboxylic acids is 1. The first kappa shape index (κ1) is 21.0. The van der Waals surface area contributed by atoms with Crippen LogP contribution in [0.15, 0.2) is 52.4 Å². The summed E-state index contributed by atoms with van der Waals surface area (Å²) in [5, 5.41) is 3.44. The third kappa shape index (κ3) is 5.42. The highest BCUT2D eigenvalue weighted by molar-refractivity contribution is 7.99. The molecule has 0 saturated carbocycles. The van der Waals surface area contributed by atoms with Crippen molar-refractivity contribution in [2.45, 2.75) is 18.5 Å². The van der Waals surface area contributed by atoms with Crippen molar-refractivity contribution in [3.8, 4) is 0 Å². The molecule has 0 saturated heterocycles. The quantitative estimate of drug-likeness (QED) is 0.446. The van der Waals surface area contributed by atoms with Crippen molar-refractivity contribution >= 4 is 35.0 Å². The molecule has 0 atom stereocenters. The number of hydrogen-bond acceptors (Lipinski definition) is 4. The minimum atomic E-state index is -0.706. The topological polar surface area (TPSA) is 74.8 Å². The van der Waals surface area contributed by atoms with Crippen molar-refractivity contribution in [2.24, 2.45) is 0 Å². The lowest BCUT2D eigenvalue weighted by Gasteiger charge is -2.09. The number of thioether (sulfide) groups is 1. The van der Waals surface area contributed by atoms with Gasteiger partial charge < -0.3 is 10.3 Å². The standard InChI is InChI=1S/C20H16ClF2N3O2S/c1-11-17(9-14-15(22)3-2-4-16(14)23)25-20(26-19(11)28)29-10-18(27)24-13-7-5-12(21)6-8-13/h2-8H,9-10H2,1H3,(H,24,27)(H,25,26,28). The van der Waals surface area contributed by atoms with Crippen molar-refractivity contribution in [1.82, 2.24) is 9.97 Å². The van der Waals surface area contributed by atoms with Crippen molar-refractivity contribution < 1.29 is 13.6 Å². The number of halogens is 3. The number of hydrogen-bond donors (Lipinski definition) is 2. The second-order valence-electron chi connectivity index (χ2n) is 6.16. The van der Waals surface area contributed by atoms with Gasteiger partial charge in [0.15, 0.2) is 5.16 Å². The molecule has 29 heavy (non-hydrogen) atoms. The Morgan fingerprint density at radius 1 is 1.17 bits per heavy atom. The third-order valence-electron chi connectivity index (χ3n) is 4.10. The van der Waals surface area contributed by atoms with E-state index in [4.69, 9.17) is 11.6 Å². The van der Waals surface area contributed by atoms with Crippen molar-refractivity contribution in [1.29, 1.82) is 0 Å². The number of aromatic amines is 1. The zero-order valence-corrected chi connectivity index (χ0v) is 16.8. The zero-order chi connectivity index (χ0) is 21.0. The molecular weight excluding hydrogens is 420 g/mol. The van der Waals surface area contributed by atoms with E-state index in [0.717, 1.165) is 23.9 Å². The molecule has 2 aromatic carbocycles. The molecule has 5 nitrogen and oxygen atoms in total. The van der Waals surface area contributed by atoms with Gasteiger partial charge in [-0.1, -0.05) is 29.4 Å². The number of rotatable bonds is 6. The van der Waals surface area contributed by atoms with Gasteiger partial charge in [-0.15, -0.1) is 0 Å². The van der Waals surface area contributed by atoms with Gasteiger partial charge in [-0.05, 0) is 43.3 Å². The Morgan fingerprint density at radius 2 is 1.83 bits per heavy atom. The van der Waals surface area contributed by atoms with E-state index in [9.17, 15) is 18.4 Å². The molecule has 0 aliphatic carbocycles. The van der Waals surface area contributed by atoms with Gasteiger partial charge >= 0.3 is 0 Å². The van der Waals surface area contributed by atoms with E-state index in [0.29, 0.717) is 10.7 Å². The first-order valence-electron chi connectivity index (χ1n) is 8.54. The highest BCUT2D eigenvalue weighted by Crippen LogP contribution is 2.20. The number of amides is 1. The minimum Gasteiger partial charge on any atom is -0.325 e. The van der Waals surface area contributed by atoms with Gasteiger partial charge in [0.2, 0.25) is 5.91 Å². The number of nitrogens with one attached hydrogen (secondary N) is 2. The second-order valence-corrected chi connectivity index (χ2v) is 7.56. The van der Waals surface area contributed by atoms with Crippen LogP contribution in [0, 0.1) is 18.6 Å². The fourth-order valence-electron chi connectivity index (χ4n) is 2.53. The predicted molar refractivity (Wildman–Crippen MR) is 110 cm³/mol. The van der Waals surface area contributed by atoms with E-state index in [1.165, 1.54) is 13.0 Å². The number of benzene rings is 2. The van der Waals surface area contributed by atoms with Gasteiger partial charge in [0.05, 0.1) is 11.4 Å². The van der Waals surface area contributed by atoms with Crippen LogP contribution in [-0.2, 0) is 11.2 Å². The lowest BCUT2D eigenvalue weighted by molar-refractivity contribution is -0.113. The summed E-state index contributed by atoms with van der Waals surface area (Å²) in [6.45, 7) is 1.53. The van der Waals surface area contributed by atoms with E-state index >= 15 is 0 Å². The molecule has 9 heteroatoms. The van der Waals surface area contributed by atoms with Gasteiger partial charge in [0.1, 0.15) is 11.6 Å². The van der Waals surface area contributed by atoms with E-state index < -0.39 is 17.2 Å². The SMILES string of the molecule is Cc1c(Cc2c(F)cccc2F)nc(SCC(=O)Nc2ccc(Cl)cc2)[nH]c1=O. The van der Waals surface area contributed by atoms with Crippen LogP contribution in [0.5, 0.6) is 0 Å². The average Bonchev–Trinajstić information content (AvgIpc) is 2.68. The predicted octanol–water partition coefficient (Wildman–Crippen LogP) is 4.33. The first-order chi connectivity index (χ1) is 13.8. The van der Waals surface area contributed by atoms with Gasteiger partial charge in [-0.3, -0.25) is 9.59 Å². The van der Waals surface area contributed by atoms with Gasteiger partial charge in [0, 0.05) is 28.3 Å². The van der Waals surface area contributed by atoms with Crippen LogP contribution in [-0.4, -0.2) is 21.6 Å². The monoisotopic (exact) mass is 435 g/mol. The Kier molecular flexibility index (Phi) is 6.66. The van der Waals surface area contributed by atoms with E-state index in [1.807, 2.05) is 0 Å². The molecular formula is C20H16ClF2N3O2S. The molecule has 0 aliphatic heterocycles. The molecule has 0 spiro atoms. The van der Waals surface area contributed by atoms with E-state index in [1.54, 1.807) is 24.3 Å². The maximum absolute atomic E-state index is 13.9. The number of H-pyrrole nitrogens is 1. The maximum atomic E-state index is 13.9. The van der Waals surface area contributed by atoms with Crippen molar-refractivity contribution in [3.63, 3.8) is 0 Å². The normalized spacial score (nSPS) is 10.8. The number of anilines is 1. The summed E-state index contributed by atoms with van der Waals surface area (Å²) in [7, 11) is 0. The van der Waals surface area contributed by atoms with Crippen molar-refractivity contribution in [3.05, 3.63) is 86.3 Å². The molecule has 2 N–H and O–H groups in total. The molecule has 0 unspecified atom stereocenters. The lowest BCUT2D eigenvalue weighted by atomic mass is 10.1. The van der Waals surface area contributed by atoms with Crippen LogP contribution in [0.3, 0.4) is 0 Å². The summed E-state index contributed by atoms with van der Waals surface area (Å²) >= 11 is 6.82. The Bertz CT molecular complexity index is 1080. The molecule has 1 amide bonds. The minimum absolute atomic E-state index is 0.0118. The summed E-state index contributed by atoms with van der Waals surface area (Å²) < 4.78 is 27.9. The smallest absolute Gasteiger partial charge is 0.254 e. The van der Waals surface area contributed by atoms with Crippen molar-refractivity contribution in [2.75, 3.05) is 11.1 Å². The Morgan fingerprint density at radius 3 is 2.48 bits per heavy atom. The summed E-state index contributed by atoms with van der Waals surface area (Å²) in [5.74, 6) is -1.73. The largest absolute Gasteiger partial charge is 0.325 e. The molecule has 0 bridgehead atoms. The van der Waals surface area contributed by atoms with Crippen LogP contribution >= 0.6 is 23.4 Å². The highest BCUT2D eigenvalue weighted by Gasteiger charge is 2.15. The fraction of sp³-hybridized carbons (Fsp3) is 0.150. The second kappa shape index (κ2) is 9.19. The average molecular weight is 436 g/mol. The van der Waals surface area contributed by atoms with Crippen LogP contribution in [0.4, 0.5) is 14.5 Å². The maximum Gasteiger partial charge on any atom is 0.254 e. The van der Waals surface area contributed by atoms with Crippen LogP contribution in [0.1, 0.15) is 16.8 Å². The first-order valence-corrected chi connectivity index (χ1v) is 9.90. The Labute approximate surface area is 174 Å². The highest BCUT2D eigenvalue weighted by atomic mass is 35.5. The summed E-state index contributed by atoms with van der Waals surface area (Å²) in [6, 6.07) is 10.2. The van der Waals surface area contributed by atoms with Crippen LogP contribution in [0.2, 0.25) is 5.02 Å². The number of aromatic nitrogens is 2. The third-order valence-corrected chi connectivity index (χ3v) is 5.23.